The number of nitrogens with zero attached hydrogens (tertiary/aromatic N) is 3. The highest BCUT2D eigenvalue weighted by molar-refractivity contribution is 7.14. The fourth-order valence-electron chi connectivity index (χ4n) is 3.76. The van der Waals surface area contributed by atoms with Gasteiger partial charge >= 0.3 is 0 Å². The van der Waals surface area contributed by atoms with Gasteiger partial charge in [0.1, 0.15) is 17.6 Å². The highest BCUT2D eigenvalue weighted by Gasteiger charge is 2.32. The number of hydrogen-bond acceptors (Lipinski definition) is 6. The van der Waals surface area contributed by atoms with Gasteiger partial charge in [-0.3, -0.25) is 4.79 Å². The lowest BCUT2D eigenvalue weighted by Crippen LogP contribution is -2.50. The number of carbonyl (C=O) groups is 1. The number of methoxy groups -OCH3 is 1. The van der Waals surface area contributed by atoms with Crippen LogP contribution < -0.4 is 9.64 Å². The molecule has 2 heterocycles. The van der Waals surface area contributed by atoms with Crippen molar-refractivity contribution in [3.05, 3.63) is 59.7 Å². The Morgan fingerprint density at radius 2 is 1.88 bits per heavy atom. The summed E-state index contributed by atoms with van der Waals surface area (Å²) < 4.78 is 24.1. The Bertz CT molecular complexity index is 1030. The lowest BCUT2D eigenvalue weighted by Gasteiger charge is -2.35. The van der Waals surface area contributed by atoms with Crippen LogP contribution in [0.25, 0.3) is 11.3 Å². The first kappa shape index (κ1) is 22.2. The summed E-state index contributed by atoms with van der Waals surface area (Å²) in [6.07, 6.45) is 0.619. The molecule has 1 amide bonds. The number of rotatable bonds is 7. The number of thiazole rings is 1. The van der Waals surface area contributed by atoms with E-state index in [0.717, 1.165) is 22.7 Å². The van der Waals surface area contributed by atoms with Gasteiger partial charge in [0.2, 0.25) is 5.91 Å². The Labute approximate surface area is 191 Å². The third-order valence-corrected chi connectivity index (χ3v) is 6.33. The summed E-state index contributed by atoms with van der Waals surface area (Å²) >= 11 is 1.46. The Hall–Kier alpha value is -2.97. The standard InChI is InChI=1S/C24H26FN3O3S/c1-3-22(23(29)27-12-14-31-15-13-27)28(19-8-10-20(30-2)11-9-19)24-26-21(16-32-24)17-4-6-18(25)7-5-17/h4-11,16,22H,3,12-15H2,1-2H3. The van der Waals surface area contributed by atoms with Gasteiger partial charge in [0.25, 0.3) is 0 Å². The summed E-state index contributed by atoms with van der Waals surface area (Å²) in [5, 5.41) is 2.65. The third kappa shape index (κ3) is 4.76. The summed E-state index contributed by atoms with van der Waals surface area (Å²) in [5.74, 6) is 0.517. The van der Waals surface area contributed by atoms with Gasteiger partial charge in [-0.05, 0) is 55.0 Å². The molecule has 6 nitrogen and oxygen atoms in total. The molecule has 1 aliphatic rings. The van der Waals surface area contributed by atoms with Gasteiger partial charge in [-0.15, -0.1) is 11.3 Å². The smallest absolute Gasteiger partial charge is 0.245 e. The highest BCUT2D eigenvalue weighted by Crippen LogP contribution is 2.36. The van der Waals surface area contributed by atoms with Crippen molar-refractivity contribution in [2.24, 2.45) is 0 Å². The number of hydrogen-bond donors (Lipinski definition) is 0. The van der Waals surface area contributed by atoms with Crippen molar-refractivity contribution < 1.29 is 18.7 Å². The van der Waals surface area contributed by atoms with E-state index in [2.05, 4.69) is 0 Å². The summed E-state index contributed by atoms with van der Waals surface area (Å²) in [6.45, 7) is 4.29. The minimum absolute atomic E-state index is 0.0603. The van der Waals surface area contributed by atoms with Crippen LogP contribution in [0.15, 0.2) is 53.9 Å². The molecule has 4 rings (SSSR count). The third-order valence-electron chi connectivity index (χ3n) is 5.49. The van der Waals surface area contributed by atoms with Crippen LogP contribution in [0, 0.1) is 5.82 Å². The molecule has 0 N–H and O–H groups in total. The van der Waals surface area contributed by atoms with Gasteiger partial charge in [0.15, 0.2) is 5.13 Å². The predicted molar refractivity (Wildman–Crippen MR) is 124 cm³/mol. The van der Waals surface area contributed by atoms with Crippen molar-refractivity contribution in [2.45, 2.75) is 19.4 Å². The number of morpholine rings is 1. The second-order valence-corrected chi connectivity index (χ2v) is 8.29. The molecule has 1 aromatic heterocycles. The Morgan fingerprint density at radius 1 is 1.19 bits per heavy atom. The fourth-order valence-corrected chi connectivity index (χ4v) is 4.66. The van der Waals surface area contributed by atoms with Gasteiger partial charge in [-0.1, -0.05) is 6.92 Å². The molecule has 0 radical (unpaired) electrons. The van der Waals surface area contributed by atoms with Gasteiger partial charge in [-0.25, -0.2) is 9.37 Å². The van der Waals surface area contributed by atoms with Crippen LogP contribution in [0.4, 0.5) is 15.2 Å². The Kier molecular flexibility index (Phi) is 7.02. The minimum atomic E-state index is -0.409. The lowest BCUT2D eigenvalue weighted by atomic mass is 10.1. The van der Waals surface area contributed by atoms with Crippen molar-refractivity contribution in [3.8, 4) is 17.0 Å². The number of halogens is 1. The number of ether oxygens (including phenoxy) is 2. The van der Waals surface area contributed by atoms with Gasteiger partial charge in [-0.2, -0.15) is 0 Å². The molecule has 0 bridgehead atoms. The molecule has 1 aliphatic heterocycles. The van der Waals surface area contributed by atoms with E-state index in [1.807, 2.05) is 46.4 Å². The first-order valence-corrected chi connectivity index (χ1v) is 11.5. The number of aromatic nitrogens is 1. The topological polar surface area (TPSA) is 54.9 Å². The molecular weight excluding hydrogens is 429 g/mol. The number of carbonyl (C=O) groups excluding carboxylic acids is 1. The lowest BCUT2D eigenvalue weighted by molar-refractivity contribution is -0.136. The summed E-state index contributed by atoms with van der Waals surface area (Å²) in [4.78, 5) is 22.2. The molecule has 1 atom stereocenters. The van der Waals surface area contributed by atoms with Crippen LogP contribution in [0.2, 0.25) is 0 Å². The molecule has 168 valence electrons. The highest BCUT2D eigenvalue weighted by atomic mass is 32.1. The SMILES string of the molecule is CCC(C(=O)N1CCOCC1)N(c1ccc(OC)cc1)c1nc(-c2ccc(F)cc2)cs1. The van der Waals surface area contributed by atoms with Gasteiger partial charge in [0, 0.05) is 29.7 Å². The zero-order valence-corrected chi connectivity index (χ0v) is 19.0. The predicted octanol–water partition coefficient (Wildman–Crippen LogP) is 4.73. The number of anilines is 2. The van der Waals surface area contributed by atoms with Crippen LogP contribution in [-0.2, 0) is 9.53 Å². The van der Waals surface area contributed by atoms with Crippen molar-refractivity contribution >= 4 is 28.1 Å². The van der Waals surface area contributed by atoms with Crippen molar-refractivity contribution in [2.75, 3.05) is 38.3 Å². The van der Waals surface area contributed by atoms with Crippen LogP contribution in [0.5, 0.6) is 5.75 Å². The van der Waals surface area contributed by atoms with E-state index in [9.17, 15) is 9.18 Å². The molecular formula is C24H26FN3O3S. The van der Waals surface area contributed by atoms with E-state index in [1.165, 1.54) is 23.5 Å². The molecule has 1 fully saturated rings. The van der Waals surface area contributed by atoms with Crippen molar-refractivity contribution in [3.63, 3.8) is 0 Å². The molecule has 1 saturated heterocycles. The van der Waals surface area contributed by atoms with Gasteiger partial charge < -0.3 is 19.3 Å². The van der Waals surface area contributed by atoms with Crippen LogP contribution >= 0.6 is 11.3 Å². The average molecular weight is 456 g/mol. The van der Waals surface area contributed by atoms with Crippen LogP contribution in [-0.4, -0.2) is 55.2 Å². The second kappa shape index (κ2) is 10.1. The zero-order chi connectivity index (χ0) is 22.5. The molecule has 1 unspecified atom stereocenters. The quantitative estimate of drug-likeness (QED) is 0.515. The van der Waals surface area contributed by atoms with Crippen LogP contribution in [0.1, 0.15) is 13.3 Å². The van der Waals surface area contributed by atoms with E-state index in [4.69, 9.17) is 14.5 Å². The molecule has 3 aromatic rings. The second-order valence-electron chi connectivity index (χ2n) is 7.45. The fraction of sp³-hybridized carbons (Fsp3) is 0.333. The molecule has 32 heavy (non-hydrogen) atoms. The Morgan fingerprint density at radius 3 is 2.50 bits per heavy atom. The van der Waals surface area contributed by atoms with E-state index < -0.39 is 6.04 Å². The first-order chi connectivity index (χ1) is 15.6. The van der Waals surface area contributed by atoms with E-state index >= 15 is 0 Å². The average Bonchev–Trinajstić information content (AvgIpc) is 3.33. The van der Waals surface area contributed by atoms with Gasteiger partial charge in [0.05, 0.1) is 26.0 Å². The van der Waals surface area contributed by atoms with E-state index in [-0.39, 0.29) is 11.7 Å². The number of amides is 1. The number of benzene rings is 2. The minimum Gasteiger partial charge on any atom is -0.497 e. The molecule has 0 aliphatic carbocycles. The normalized spacial score (nSPS) is 14.8. The monoisotopic (exact) mass is 455 g/mol. The van der Waals surface area contributed by atoms with Crippen molar-refractivity contribution in [1.29, 1.82) is 0 Å². The maximum absolute atomic E-state index is 13.5. The zero-order valence-electron chi connectivity index (χ0n) is 18.2. The summed E-state index contributed by atoms with van der Waals surface area (Å²) in [6, 6.07) is 13.5. The largest absolute Gasteiger partial charge is 0.497 e. The summed E-state index contributed by atoms with van der Waals surface area (Å²) in [5.41, 5.74) is 2.44. The van der Waals surface area contributed by atoms with Crippen LogP contribution in [0.3, 0.4) is 0 Å². The molecule has 0 saturated carbocycles. The molecule has 2 aromatic carbocycles. The first-order valence-electron chi connectivity index (χ1n) is 10.6. The van der Waals surface area contributed by atoms with E-state index in [0.29, 0.717) is 37.9 Å². The summed E-state index contributed by atoms with van der Waals surface area (Å²) in [7, 11) is 1.62. The van der Waals surface area contributed by atoms with Crippen molar-refractivity contribution in [1.82, 2.24) is 9.88 Å². The maximum atomic E-state index is 13.5. The molecule has 0 spiro atoms. The van der Waals surface area contributed by atoms with E-state index in [1.54, 1.807) is 19.2 Å². The maximum Gasteiger partial charge on any atom is 0.245 e. The Balaban J connectivity index is 1.71. The molecule has 8 heteroatoms.